The van der Waals surface area contributed by atoms with E-state index in [1.807, 2.05) is 30.3 Å². The molecule has 182 valence electrons. The van der Waals surface area contributed by atoms with Crippen molar-refractivity contribution in [2.24, 2.45) is 0 Å². The third-order valence-corrected chi connectivity index (χ3v) is 5.11. The molecule has 10 heteroatoms. The summed E-state index contributed by atoms with van der Waals surface area (Å²) in [4.78, 5) is 36.4. The van der Waals surface area contributed by atoms with Gasteiger partial charge in [-0.15, -0.1) is 0 Å². The van der Waals surface area contributed by atoms with Crippen LogP contribution >= 0.6 is 23.2 Å². The Morgan fingerprint density at radius 2 is 1.40 bits per heavy atom. The molecule has 0 unspecified atom stereocenters. The van der Waals surface area contributed by atoms with Crippen LogP contribution in [-0.4, -0.2) is 30.9 Å². The number of hydrazine groups is 1. The summed E-state index contributed by atoms with van der Waals surface area (Å²) in [6, 6.07) is 20.5. The summed E-state index contributed by atoms with van der Waals surface area (Å²) in [7, 11) is 0. The number of hydrogen-bond donors (Lipinski definition) is 3. The standard InChI is InChI=1S/C25H23Cl2N3O5/c26-18-9-10-22(21(27)16-18)28-23(31)11-12-24(32)29-30-25(33)17-5-4-8-20(15-17)35-14-13-34-19-6-2-1-3-7-19/h1-10,15-16H,11-14H2,(H,28,31)(H,29,32)(H,30,33). The Labute approximate surface area is 212 Å². The molecule has 3 aromatic carbocycles. The first-order valence-corrected chi connectivity index (χ1v) is 11.4. The highest BCUT2D eigenvalue weighted by Gasteiger charge is 2.12. The van der Waals surface area contributed by atoms with Crippen molar-refractivity contribution < 1.29 is 23.9 Å². The van der Waals surface area contributed by atoms with Gasteiger partial charge in [-0.25, -0.2) is 0 Å². The molecule has 3 aromatic rings. The Hall–Kier alpha value is -3.75. The molecule has 0 saturated carbocycles. The molecule has 0 aliphatic rings. The highest BCUT2D eigenvalue weighted by molar-refractivity contribution is 6.36. The summed E-state index contributed by atoms with van der Waals surface area (Å²) in [5, 5.41) is 3.33. The molecule has 3 amide bonds. The summed E-state index contributed by atoms with van der Waals surface area (Å²) in [5.74, 6) is -0.232. The average molecular weight is 516 g/mol. The number of rotatable bonds is 10. The predicted molar refractivity (Wildman–Crippen MR) is 134 cm³/mol. The van der Waals surface area contributed by atoms with Crippen LogP contribution in [0.3, 0.4) is 0 Å². The first kappa shape index (κ1) is 25.9. The van der Waals surface area contributed by atoms with E-state index in [-0.39, 0.29) is 17.9 Å². The lowest BCUT2D eigenvalue weighted by Gasteiger charge is -2.11. The van der Waals surface area contributed by atoms with Crippen LogP contribution in [0.25, 0.3) is 0 Å². The highest BCUT2D eigenvalue weighted by atomic mass is 35.5. The van der Waals surface area contributed by atoms with Crippen LogP contribution in [0.1, 0.15) is 23.2 Å². The van der Waals surface area contributed by atoms with Crippen LogP contribution in [0, 0.1) is 0 Å². The lowest BCUT2D eigenvalue weighted by Crippen LogP contribution is -2.41. The molecular weight excluding hydrogens is 493 g/mol. The van der Waals surface area contributed by atoms with Gasteiger partial charge in [-0.3, -0.25) is 25.2 Å². The fourth-order valence-corrected chi connectivity index (χ4v) is 3.31. The molecule has 0 aromatic heterocycles. The van der Waals surface area contributed by atoms with E-state index in [1.54, 1.807) is 36.4 Å². The average Bonchev–Trinajstić information content (AvgIpc) is 2.86. The molecule has 0 aliphatic carbocycles. The molecule has 0 radical (unpaired) electrons. The maximum absolute atomic E-state index is 12.3. The Morgan fingerprint density at radius 1 is 0.714 bits per heavy atom. The van der Waals surface area contributed by atoms with E-state index in [4.69, 9.17) is 32.7 Å². The molecule has 3 rings (SSSR count). The van der Waals surface area contributed by atoms with Crippen molar-refractivity contribution >= 4 is 46.6 Å². The van der Waals surface area contributed by atoms with Gasteiger partial charge in [-0.2, -0.15) is 0 Å². The number of anilines is 1. The lowest BCUT2D eigenvalue weighted by molar-refractivity contribution is -0.124. The first-order valence-electron chi connectivity index (χ1n) is 10.7. The van der Waals surface area contributed by atoms with Crippen LogP contribution in [0.15, 0.2) is 72.8 Å². The van der Waals surface area contributed by atoms with E-state index in [0.717, 1.165) is 5.75 Å². The van der Waals surface area contributed by atoms with Gasteiger partial charge in [-0.05, 0) is 48.5 Å². The van der Waals surface area contributed by atoms with Crippen molar-refractivity contribution in [2.45, 2.75) is 12.8 Å². The van der Waals surface area contributed by atoms with E-state index in [1.165, 1.54) is 6.07 Å². The first-order chi connectivity index (χ1) is 16.9. The Bertz CT molecular complexity index is 1170. The van der Waals surface area contributed by atoms with Crippen molar-refractivity contribution in [3.05, 3.63) is 88.4 Å². The summed E-state index contributed by atoms with van der Waals surface area (Å²) in [6.45, 7) is 0.633. The molecular formula is C25H23Cl2N3O5. The van der Waals surface area contributed by atoms with Crippen LogP contribution in [0.4, 0.5) is 5.69 Å². The number of nitrogens with one attached hydrogen (secondary N) is 3. The minimum absolute atomic E-state index is 0.102. The number of halogens is 2. The monoisotopic (exact) mass is 515 g/mol. The fourth-order valence-electron chi connectivity index (χ4n) is 2.85. The van der Waals surface area contributed by atoms with Gasteiger partial charge in [0.25, 0.3) is 5.91 Å². The summed E-state index contributed by atoms with van der Waals surface area (Å²) < 4.78 is 11.2. The van der Waals surface area contributed by atoms with Crippen molar-refractivity contribution in [3.63, 3.8) is 0 Å². The second-order valence-electron chi connectivity index (χ2n) is 7.21. The molecule has 0 heterocycles. The normalized spacial score (nSPS) is 10.2. The maximum Gasteiger partial charge on any atom is 0.269 e. The summed E-state index contributed by atoms with van der Waals surface area (Å²) >= 11 is 11.8. The van der Waals surface area contributed by atoms with E-state index < -0.39 is 17.7 Å². The number of benzene rings is 3. The van der Waals surface area contributed by atoms with Gasteiger partial charge in [-0.1, -0.05) is 47.5 Å². The molecule has 3 N–H and O–H groups in total. The number of para-hydroxylation sites is 1. The van der Waals surface area contributed by atoms with Gasteiger partial charge in [0.05, 0.1) is 10.7 Å². The van der Waals surface area contributed by atoms with Crippen molar-refractivity contribution in [1.29, 1.82) is 0 Å². The molecule has 35 heavy (non-hydrogen) atoms. The van der Waals surface area contributed by atoms with Crippen LogP contribution in [0.2, 0.25) is 10.0 Å². The zero-order chi connectivity index (χ0) is 25.0. The van der Waals surface area contributed by atoms with Gasteiger partial charge in [0, 0.05) is 23.4 Å². The molecule has 0 fully saturated rings. The second-order valence-corrected chi connectivity index (χ2v) is 8.06. The zero-order valence-corrected chi connectivity index (χ0v) is 20.1. The molecule has 0 saturated heterocycles. The van der Waals surface area contributed by atoms with Gasteiger partial charge in [0.1, 0.15) is 24.7 Å². The largest absolute Gasteiger partial charge is 0.490 e. The number of hydrogen-bond acceptors (Lipinski definition) is 5. The Balaban J connectivity index is 1.37. The number of carbonyl (C=O) groups is 3. The Kier molecular flexibility index (Phi) is 9.77. The minimum atomic E-state index is -0.527. The van der Waals surface area contributed by atoms with Gasteiger partial charge in [0.2, 0.25) is 11.8 Å². The highest BCUT2D eigenvalue weighted by Crippen LogP contribution is 2.25. The topological polar surface area (TPSA) is 106 Å². The minimum Gasteiger partial charge on any atom is -0.490 e. The SMILES string of the molecule is O=C(CCC(=O)Nc1ccc(Cl)cc1Cl)NNC(=O)c1cccc(OCCOc2ccccc2)c1. The van der Waals surface area contributed by atoms with E-state index in [9.17, 15) is 14.4 Å². The second kappa shape index (κ2) is 13.2. The predicted octanol–water partition coefficient (Wildman–Crippen LogP) is 4.63. The van der Waals surface area contributed by atoms with Crippen molar-refractivity contribution in [2.75, 3.05) is 18.5 Å². The molecule has 8 nitrogen and oxygen atoms in total. The summed E-state index contributed by atoms with van der Waals surface area (Å²) in [5.41, 5.74) is 5.29. The molecule has 0 atom stereocenters. The fraction of sp³-hybridized carbons (Fsp3) is 0.160. The van der Waals surface area contributed by atoms with Gasteiger partial charge >= 0.3 is 0 Å². The molecule has 0 aliphatic heterocycles. The molecule has 0 bridgehead atoms. The Morgan fingerprint density at radius 3 is 2.14 bits per heavy atom. The smallest absolute Gasteiger partial charge is 0.269 e. The van der Waals surface area contributed by atoms with E-state index >= 15 is 0 Å². The van der Waals surface area contributed by atoms with E-state index in [0.29, 0.717) is 35.2 Å². The van der Waals surface area contributed by atoms with Crippen molar-refractivity contribution in [3.8, 4) is 11.5 Å². The zero-order valence-electron chi connectivity index (χ0n) is 18.6. The summed E-state index contributed by atoms with van der Waals surface area (Å²) in [6.07, 6.45) is -0.239. The van der Waals surface area contributed by atoms with Gasteiger partial charge < -0.3 is 14.8 Å². The third-order valence-electron chi connectivity index (χ3n) is 4.56. The quantitative estimate of drug-likeness (QED) is 0.269. The van der Waals surface area contributed by atoms with Gasteiger partial charge in [0.15, 0.2) is 0 Å². The molecule has 0 spiro atoms. The lowest BCUT2D eigenvalue weighted by atomic mass is 10.2. The maximum atomic E-state index is 12.3. The van der Waals surface area contributed by atoms with Crippen LogP contribution in [0.5, 0.6) is 11.5 Å². The van der Waals surface area contributed by atoms with E-state index in [2.05, 4.69) is 16.2 Å². The van der Waals surface area contributed by atoms with Crippen LogP contribution < -0.4 is 25.6 Å². The number of amides is 3. The number of carbonyl (C=O) groups excluding carboxylic acids is 3. The van der Waals surface area contributed by atoms with Crippen molar-refractivity contribution in [1.82, 2.24) is 10.9 Å². The van der Waals surface area contributed by atoms with Crippen LogP contribution in [-0.2, 0) is 9.59 Å². The number of ether oxygens (including phenoxy) is 2. The third kappa shape index (κ3) is 8.84.